The molecule has 1 unspecified atom stereocenters. The fraction of sp³-hybridized carbons (Fsp3) is 0.357. The van der Waals surface area contributed by atoms with Gasteiger partial charge in [0.15, 0.2) is 5.78 Å². The Hall–Kier alpha value is -2.17. The standard InChI is InChI=1S/C14H15NO4/c1-15(8-13(17)18)14(19)11-6-7-12(16)10-5-3-2-4-9(10)11/h2-5,11H,6-8H2,1H3,(H,17,18). The van der Waals surface area contributed by atoms with E-state index < -0.39 is 11.9 Å². The molecule has 1 N–H and O–H groups in total. The van der Waals surface area contributed by atoms with Crippen LogP contribution in [0.1, 0.15) is 34.7 Å². The summed E-state index contributed by atoms with van der Waals surface area (Å²) in [7, 11) is 1.47. The van der Waals surface area contributed by atoms with E-state index in [1.807, 2.05) is 0 Å². The van der Waals surface area contributed by atoms with Crippen LogP contribution in [0.3, 0.4) is 0 Å². The Morgan fingerprint density at radius 3 is 2.74 bits per heavy atom. The highest BCUT2D eigenvalue weighted by atomic mass is 16.4. The van der Waals surface area contributed by atoms with E-state index in [0.29, 0.717) is 24.0 Å². The van der Waals surface area contributed by atoms with Gasteiger partial charge in [0.1, 0.15) is 6.54 Å². The lowest BCUT2D eigenvalue weighted by atomic mass is 9.81. The molecule has 1 aliphatic rings. The number of ketones is 1. The molecule has 0 saturated carbocycles. The van der Waals surface area contributed by atoms with Gasteiger partial charge in [-0.2, -0.15) is 0 Å². The van der Waals surface area contributed by atoms with Gasteiger partial charge < -0.3 is 10.0 Å². The monoisotopic (exact) mass is 261 g/mol. The molecule has 0 heterocycles. The second kappa shape index (κ2) is 5.22. The second-order valence-electron chi connectivity index (χ2n) is 4.69. The number of likely N-dealkylation sites (N-methyl/N-ethyl adjacent to an activating group) is 1. The van der Waals surface area contributed by atoms with Crippen LogP contribution in [0.4, 0.5) is 0 Å². The van der Waals surface area contributed by atoms with Gasteiger partial charge in [-0.1, -0.05) is 24.3 Å². The van der Waals surface area contributed by atoms with Crippen molar-refractivity contribution in [1.82, 2.24) is 4.90 Å². The topological polar surface area (TPSA) is 74.7 Å². The zero-order chi connectivity index (χ0) is 14.0. The number of nitrogens with zero attached hydrogens (tertiary/aromatic N) is 1. The Labute approximate surface area is 110 Å². The Balaban J connectivity index is 2.27. The first-order valence-electron chi connectivity index (χ1n) is 6.09. The first-order chi connectivity index (χ1) is 9.00. The van der Waals surface area contributed by atoms with E-state index in [1.165, 1.54) is 11.9 Å². The highest BCUT2D eigenvalue weighted by molar-refractivity contribution is 6.02. The summed E-state index contributed by atoms with van der Waals surface area (Å²) in [6.45, 7) is -0.328. The van der Waals surface area contributed by atoms with Crippen LogP contribution in [0.25, 0.3) is 0 Å². The first kappa shape index (κ1) is 13.3. The average Bonchev–Trinajstić information content (AvgIpc) is 2.38. The minimum atomic E-state index is -1.05. The Bertz CT molecular complexity index is 538. The van der Waals surface area contributed by atoms with E-state index in [1.54, 1.807) is 24.3 Å². The van der Waals surface area contributed by atoms with Crippen LogP contribution in [0.5, 0.6) is 0 Å². The Morgan fingerprint density at radius 1 is 1.37 bits per heavy atom. The number of amides is 1. The first-order valence-corrected chi connectivity index (χ1v) is 6.09. The number of Topliss-reactive ketones (excluding diaryl/α,β-unsaturated/α-hetero) is 1. The van der Waals surface area contributed by atoms with Crippen LogP contribution in [-0.2, 0) is 9.59 Å². The van der Waals surface area contributed by atoms with Gasteiger partial charge in [0, 0.05) is 19.0 Å². The molecule has 1 aliphatic carbocycles. The molecule has 1 atom stereocenters. The number of aliphatic carboxylic acids is 1. The maximum absolute atomic E-state index is 12.3. The van der Waals surface area contributed by atoms with Crippen LogP contribution < -0.4 is 0 Å². The average molecular weight is 261 g/mol. The van der Waals surface area contributed by atoms with Crippen LogP contribution in [-0.4, -0.2) is 41.3 Å². The van der Waals surface area contributed by atoms with Gasteiger partial charge in [0.05, 0.1) is 5.92 Å². The lowest BCUT2D eigenvalue weighted by Gasteiger charge is -2.27. The predicted molar refractivity (Wildman–Crippen MR) is 68.0 cm³/mol. The van der Waals surface area contributed by atoms with Crippen molar-refractivity contribution in [1.29, 1.82) is 0 Å². The van der Waals surface area contributed by atoms with Crippen molar-refractivity contribution in [3.05, 3.63) is 35.4 Å². The Kier molecular flexibility index (Phi) is 3.64. The highest BCUT2D eigenvalue weighted by Crippen LogP contribution is 2.32. The molecule has 0 radical (unpaired) electrons. The summed E-state index contributed by atoms with van der Waals surface area (Å²) in [5.41, 5.74) is 1.29. The number of benzene rings is 1. The minimum Gasteiger partial charge on any atom is -0.480 e. The number of rotatable bonds is 3. The zero-order valence-corrected chi connectivity index (χ0v) is 10.6. The van der Waals surface area contributed by atoms with Crippen molar-refractivity contribution in [2.75, 3.05) is 13.6 Å². The summed E-state index contributed by atoms with van der Waals surface area (Å²) in [5, 5.41) is 8.72. The molecule has 0 spiro atoms. The molecule has 1 aromatic rings. The van der Waals surface area contributed by atoms with Gasteiger partial charge in [-0.3, -0.25) is 14.4 Å². The molecule has 1 amide bonds. The summed E-state index contributed by atoms with van der Waals surface area (Å²) >= 11 is 0. The molecule has 0 fully saturated rings. The van der Waals surface area contributed by atoms with Crippen molar-refractivity contribution in [3.8, 4) is 0 Å². The van der Waals surface area contributed by atoms with Crippen LogP contribution >= 0.6 is 0 Å². The van der Waals surface area contributed by atoms with Gasteiger partial charge in [0.2, 0.25) is 5.91 Å². The molecule has 0 aliphatic heterocycles. The molecule has 19 heavy (non-hydrogen) atoms. The summed E-state index contributed by atoms with van der Waals surface area (Å²) in [4.78, 5) is 35.9. The fourth-order valence-electron chi connectivity index (χ4n) is 2.42. The summed E-state index contributed by atoms with van der Waals surface area (Å²) in [6, 6.07) is 7.04. The van der Waals surface area contributed by atoms with Crippen LogP contribution in [0.15, 0.2) is 24.3 Å². The number of carbonyl (C=O) groups is 3. The fourth-order valence-corrected chi connectivity index (χ4v) is 2.42. The van der Waals surface area contributed by atoms with Crippen LogP contribution in [0, 0.1) is 0 Å². The molecule has 0 saturated heterocycles. The molecule has 2 rings (SSSR count). The van der Waals surface area contributed by atoms with Crippen molar-refractivity contribution in [3.63, 3.8) is 0 Å². The van der Waals surface area contributed by atoms with E-state index in [9.17, 15) is 14.4 Å². The lowest BCUT2D eigenvalue weighted by molar-refractivity contribution is -0.144. The van der Waals surface area contributed by atoms with E-state index in [4.69, 9.17) is 5.11 Å². The predicted octanol–water partition coefficient (Wildman–Crippen LogP) is 1.29. The number of hydrogen-bond acceptors (Lipinski definition) is 3. The number of carboxylic acids is 1. The highest BCUT2D eigenvalue weighted by Gasteiger charge is 2.32. The summed E-state index contributed by atoms with van der Waals surface area (Å²) < 4.78 is 0. The molecular weight excluding hydrogens is 246 g/mol. The van der Waals surface area contributed by atoms with Crippen LogP contribution in [0.2, 0.25) is 0 Å². The van der Waals surface area contributed by atoms with E-state index >= 15 is 0 Å². The minimum absolute atomic E-state index is 0.0422. The van der Waals surface area contributed by atoms with E-state index in [0.717, 1.165) is 0 Å². The quantitative estimate of drug-likeness (QED) is 0.889. The summed E-state index contributed by atoms with van der Waals surface area (Å²) in [5.74, 6) is -1.67. The van der Waals surface area contributed by atoms with Gasteiger partial charge in [-0.15, -0.1) is 0 Å². The zero-order valence-electron chi connectivity index (χ0n) is 10.6. The summed E-state index contributed by atoms with van der Waals surface area (Å²) in [6.07, 6.45) is 0.771. The molecule has 5 heteroatoms. The SMILES string of the molecule is CN(CC(=O)O)C(=O)C1CCC(=O)c2ccccc21. The second-order valence-corrected chi connectivity index (χ2v) is 4.69. The molecule has 5 nitrogen and oxygen atoms in total. The third kappa shape index (κ3) is 2.65. The molecule has 0 bridgehead atoms. The smallest absolute Gasteiger partial charge is 0.323 e. The normalized spacial score (nSPS) is 17.7. The van der Waals surface area contributed by atoms with Crippen molar-refractivity contribution < 1.29 is 19.5 Å². The lowest BCUT2D eigenvalue weighted by Crippen LogP contribution is -2.37. The third-order valence-corrected chi connectivity index (χ3v) is 3.34. The number of carboxylic acid groups (broad SMARTS) is 1. The van der Waals surface area contributed by atoms with Gasteiger partial charge >= 0.3 is 5.97 Å². The number of fused-ring (bicyclic) bond motifs is 1. The Morgan fingerprint density at radius 2 is 2.05 bits per heavy atom. The molecule has 0 aromatic heterocycles. The molecular formula is C14H15NO4. The molecule has 100 valence electrons. The van der Waals surface area contributed by atoms with Gasteiger partial charge in [0.25, 0.3) is 0 Å². The molecule has 1 aromatic carbocycles. The van der Waals surface area contributed by atoms with E-state index in [-0.39, 0.29) is 18.2 Å². The maximum atomic E-state index is 12.3. The maximum Gasteiger partial charge on any atom is 0.323 e. The van der Waals surface area contributed by atoms with E-state index in [2.05, 4.69) is 0 Å². The van der Waals surface area contributed by atoms with Gasteiger partial charge in [-0.05, 0) is 12.0 Å². The van der Waals surface area contributed by atoms with Crippen molar-refractivity contribution >= 4 is 17.7 Å². The number of carbonyl (C=O) groups excluding carboxylic acids is 2. The number of hydrogen-bond donors (Lipinski definition) is 1. The largest absolute Gasteiger partial charge is 0.480 e. The third-order valence-electron chi connectivity index (χ3n) is 3.34. The van der Waals surface area contributed by atoms with Crippen molar-refractivity contribution in [2.24, 2.45) is 0 Å². The van der Waals surface area contributed by atoms with Crippen molar-refractivity contribution in [2.45, 2.75) is 18.8 Å². The van der Waals surface area contributed by atoms with Gasteiger partial charge in [-0.25, -0.2) is 0 Å².